The minimum Gasteiger partial charge on any atom is -0.313 e. The van der Waals surface area contributed by atoms with Gasteiger partial charge < -0.3 is 5.32 Å². The Kier molecular flexibility index (Phi) is 5.27. The molecular weight excluding hydrogens is 284 g/mol. The first-order chi connectivity index (χ1) is 9.08. The summed E-state index contributed by atoms with van der Waals surface area (Å²) in [6.07, 6.45) is 0. The summed E-state index contributed by atoms with van der Waals surface area (Å²) < 4.78 is 51.4. The highest BCUT2D eigenvalue weighted by atomic mass is 32.2. The quantitative estimate of drug-likeness (QED) is 0.910. The van der Waals surface area contributed by atoms with Gasteiger partial charge in [-0.15, -0.1) is 0 Å². The summed E-state index contributed by atoms with van der Waals surface area (Å²) in [6.45, 7) is 8.17. The Hall–Kier alpha value is -1.01. The second-order valence-corrected chi connectivity index (χ2v) is 7.84. The molecule has 0 aliphatic heterocycles. The summed E-state index contributed by atoms with van der Waals surface area (Å²) in [5.41, 5.74) is -0.313. The van der Waals surface area contributed by atoms with Crippen molar-refractivity contribution in [3.05, 3.63) is 29.8 Å². The van der Waals surface area contributed by atoms with Crippen LogP contribution in [-0.4, -0.2) is 26.8 Å². The van der Waals surface area contributed by atoms with Gasteiger partial charge in [-0.05, 0) is 30.2 Å². The average molecular weight is 305 g/mol. The lowest BCUT2D eigenvalue weighted by Gasteiger charge is -2.31. The summed E-state index contributed by atoms with van der Waals surface area (Å²) in [6, 6.07) is 2.12. The van der Waals surface area contributed by atoms with E-state index < -0.39 is 26.4 Å². The molecule has 1 rings (SSSR count). The zero-order chi connectivity index (χ0) is 15.6. The smallest absolute Gasteiger partial charge is 0.182 e. The van der Waals surface area contributed by atoms with E-state index >= 15 is 0 Å². The van der Waals surface area contributed by atoms with Crippen LogP contribution in [0.5, 0.6) is 0 Å². The second kappa shape index (κ2) is 6.18. The SMILES string of the molecule is CCNC(CS(=O)(=O)c1cc(F)ccc1F)C(C)(C)C. The van der Waals surface area contributed by atoms with Gasteiger partial charge in [-0.25, -0.2) is 17.2 Å². The largest absolute Gasteiger partial charge is 0.313 e. The van der Waals surface area contributed by atoms with Gasteiger partial charge in [0, 0.05) is 6.04 Å². The molecule has 0 saturated carbocycles. The van der Waals surface area contributed by atoms with Crippen LogP contribution in [-0.2, 0) is 9.84 Å². The maximum Gasteiger partial charge on any atom is 0.182 e. The molecule has 0 aromatic heterocycles. The molecule has 0 fully saturated rings. The molecule has 20 heavy (non-hydrogen) atoms. The van der Waals surface area contributed by atoms with Crippen molar-refractivity contribution >= 4 is 9.84 Å². The molecule has 0 aliphatic rings. The average Bonchev–Trinajstić information content (AvgIpc) is 2.30. The van der Waals surface area contributed by atoms with E-state index in [1.165, 1.54) is 0 Å². The lowest BCUT2D eigenvalue weighted by molar-refractivity contribution is 0.292. The van der Waals surface area contributed by atoms with Crippen LogP contribution >= 0.6 is 0 Å². The summed E-state index contributed by atoms with van der Waals surface area (Å²) in [5, 5.41) is 3.09. The van der Waals surface area contributed by atoms with Gasteiger partial charge >= 0.3 is 0 Å². The Morgan fingerprint density at radius 1 is 1.25 bits per heavy atom. The monoisotopic (exact) mass is 305 g/mol. The first-order valence-corrected chi connectivity index (χ1v) is 8.14. The molecule has 0 radical (unpaired) electrons. The molecule has 1 aromatic rings. The number of rotatable bonds is 5. The van der Waals surface area contributed by atoms with Gasteiger partial charge in [0.1, 0.15) is 16.5 Å². The molecule has 3 nitrogen and oxygen atoms in total. The van der Waals surface area contributed by atoms with E-state index in [4.69, 9.17) is 0 Å². The van der Waals surface area contributed by atoms with Crippen molar-refractivity contribution in [2.75, 3.05) is 12.3 Å². The van der Waals surface area contributed by atoms with Crippen LogP contribution < -0.4 is 5.32 Å². The number of hydrogen-bond acceptors (Lipinski definition) is 3. The molecule has 0 amide bonds. The molecule has 1 unspecified atom stereocenters. The Labute approximate surface area is 119 Å². The van der Waals surface area contributed by atoms with Gasteiger partial charge in [0.15, 0.2) is 9.84 Å². The number of hydrogen-bond donors (Lipinski definition) is 1. The number of sulfone groups is 1. The van der Waals surface area contributed by atoms with Gasteiger partial charge in [-0.3, -0.25) is 0 Å². The standard InChI is InChI=1S/C14H21F2NO2S/c1-5-17-13(14(2,3)4)9-20(18,19)12-8-10(15)6-7-11(12)16/h6-8,13,17H,5,9H2,1-4H3. The fourth-order valence-corrected chi connectivity index (χ4v) is 3.78. The van der Waals surface area contributed by atoms with E-state index in [1.807, 2.05) is 27.7 Å². The van der Waals surface area contributed by atoms with Crippen LogP contribution in [0.2, 0.25) is 0 Å². The van der Waals surface area contributed by atoms with Crippen LogP contribution in [0.3, 0.4) is 0 Å². The molecule has 6 heteroatoms. The zero-order valence-corrected chi connectivity index (χ0v) is 13.0. The lowest BCUT2D eigenvalue weighted by Crippen LogP contribution is -2.45. The Morgan fingerprint density at radius 3 is 2.35 bits per heavy atom. The topological polar surface area (TPSA) is 46.2 Å². The van der Waals surface area contributed by atoms with Gasteiger partial charge in [-0.2, -0.15) is 0 Å². The molecule has 0 spiro atoms. The first kappa shape index (κ1) is 17.0. The maximum absolute atomic E-state index is 13.6. The normalized spacial score (nSPS) is 14.3. The highest BCUT2D eigenvalue weighted by Gasteiger charge is 2.31. The van der Waals surface area contributed by atoms with Crippen molar-refractivity contribution in [2.24, 2.45) is 5.41 Å². The van der Waals surface area contributed by atoms with Crippen LogP contribution in [0.15, 0.2) is 23.1 Å². The fourth-order valence-electron chi connectivity index (χ4n) is 1.89. The molecule has 0 bridgehead atoms. The number of halogens is 2. The van der Waals surface area contributed by atoms with Crippen LogP contribution in [0.4, 0.5) is 8.78 Å². The number of nitrogens with one attached hydrogen (secondary N) is 1. The first-order valence-electron chi connectivity index (χ1n) is 6.49. The lowest BCUT2D eigenvalue weighted by atomic mass is 9.88. The van der Waals surface area contributed by atoms with E-state index in [-0.39, 0.29) is 17.2 Å². The Balaban J connectivity index is 3.13. The third-order valence-corrected chi connectivity index (χ3v) is 4.87. The van der Waals surface area contributed by atoms with E-state index in [2.05, 4.69) is 5.32 Å². The van der Waals surface area contributed by atoms with E-state index in [9.17, 15) is 17.2 Å². The predicted molar refractivity (Wildman–Crippen MR) is 75.3 cm³/mol. The highest BCUT2D eigenvalue weighted by molar-refractivity contribution is 7.91. The van der Waals surface area contributed by atoms with E-state index in [0.29, 0.717) is 6.54 Å². The van der Waals surface area contributed by atoms with Crippen molar-refractivity contribution in [3.8, 4) is 0 Å². The van der Waals surface area contributed by atoms with Gasteiger partial charge in [0.25, 0.3) is 0 Å². The van der Waals surface area contributed by atoms with Crippen LogP contribution in [0.25, 0.3) is 0 Å². The highest BCUT2D eigenvalue weighted by Crippen LogP contribution is 2.24. The molecule has 0 heterocycles. The van der Waals surface area contributed by atoms with Crippen LogP contribution in [0.1, 0.15) is 27.7 Å². The van der Waals surface area contributed by atoms with Gasteiger partial charge in [-0.1, -0.05) is 27.7 Å². The van der Waals surface area contributed by atoms with E-state index in [0.717, 1.165) is 18.2 Å². The third kappa shape index (κ3) is 4.24. The summed E-state index contributed by atoms with van der Waals surface area (Å²) >= 11 is 0. The van der Waals surface area contributed by atoms with Crippen molar-refractivity contribution in [2.45, 2.75) is 38.6 Å². The zero-order valence-electron chi connectivity index (χ0n) is 12.2. The van der Waals surface area contributed by atoms with Crippen molar-refractivity contribution in [1.82, 2.24) is 5.32 Å². The molecular formula is C14H21F2NO2S. The van der Waals surface area contributed by atoms with Crippen LogP contribution in [0, 0.1) is 17.0 Å². The minimum absolute atomic E-state index is 0.273. The second-order valence-electron chi connectivity index (χ2n) is 5.83. The summed E-state index contributed by atoms with van der Waals surface area (Å²) in [5.74, 6) is -1.96. The molecule has 0 aliphatic carbocycles. The summed E-state index contributed by atoms with van der Waals surface area (Å²) in [7, 11) is -3.90. The molecule has 1 atom stereocenters. The maximum atomic E-state index is 13.6. The van der Waals surface area contributed by atoms with Gasteiger partial charge in [0.05, 0.1) is 5.75 Å². The Bertz CT molecular complexity index is 565. The molecule has 1 N–H and O–H groups in total. The van der Waals surface area contributed by atoms with E-state index in [1.54, 1.807) is 0 Å². The van der Waals surface area contributed by atoms with Crippen molar-refractivity contribution in [1.29, 1.82) is 0 Å². The predicted octanol–water partition coefficient (Wildman–Crippen LogP) is 2.76. The molecule has 1 aromatic carbocycles. The van der Waals surface area contributed by atoms with Crippen molar-refractivity contribution < 1.29 is 17.2 Å². The number of benzene rings is 1. The van der Waals surface area contributed by atoms with Gasteiger partial charge in [0.2, 0.25) is 0 Å². The third-order valence-electron chi connectivity index (χ3n) is 3.11. The van der Waals surface area contributed by atoms with Crippen molar-refractivity contribution in [3.63, 3.8) is 0 Å². The Morgan fingerprint density at radius 2 is 1.85 bits per heavy atom. The molecule has 0 saturated heterocycles. The fraction of sp³-hybridized carbons (Fsp3) is 0.571. The molecule has 114 valence electrons. The minimum atomic E-state index is -3.90. The summed E-state index contributed by atoms with van der Waals surface area (Å²) in [4.78, 5) is -0.579.